The molecule has 0 unspecified atom stereocenters. The Balaban J connectivity index is 2.00. The molecule has 4 nitrogen and oxygen atoms in total. The minimum Gasteiger partial charge on any atom is -0.452 e. The summed E-state index contributed by atoms with van der Waals surface area (Å²) in [5.74, 6) is -1.54. The van der Waals surface area contributed by atoms with E-state index in [-0.39, 0.29) is 11.5 Å². The zero-order chi connectivity index (χ0) is 16.8. The molecule has 0 saturated heterocycles. The van der Waals surface area contributed by atoms with Gasteiger partial charge in [-0.1, -0.05) is 24.3 Å². The van der Waals surface area contributed by atoms with E-state index in [2.05, 4.69) is 0 Å². The molecule has 1 amide bonds. The fraction of sp³-hybridized carbons (Fsp3) is 0.222. The highest BCUT2D eigenvalue weighted by atomic mass is 19.1. The van der Waals surface area contributed by atoms with Gasteiger partial charge in [0.2, 0.25) is 0 Å². The third-order valence-corrected chi connectivity index (χ3v) is 3.42. The van der Waals surface area contributed by atoms with Gasteiger partial charge in [0.25, 0.3) is 5.91 Å². The second-order valence-electron chi connectivity index (χ2n) is 5.01. The zero-order valence-corrected chi connectivity index (χ0v) is 13.1. The summed E-state index contributed by atoms with van der Waals surface area (Å²) in [7, 11) is 0. The SMILES string of the molecule is CCN(C(=O)COC(=O)c1ccc(C)c(F)c1)c1ccccc1. The Labute approximate surface area is 134 Å². The summed E-state index contributed by atoms with van der Waals surface area (Å²) in [6, 6.07) is 13.2. The molecule has 120 valence electrons. The first-order valence-corrected chi connectivity index (χ1v) is 7.31. The average molecular weight is 315 g/mol. The number of hydrogen-bond acceptors (Lipinski definition) is 3. The van der Waals surface area contributed by atoms with E-state index in [1.165, 1.54) is 17.0 Å². The fourth-order valence-corrected chi connectivity index (χ4v) is 2.12. The van der Waals surface area contributed by atoms with Crippen molar-refractivity contribution in [1.82, 2.24) is 0 Å². The largest absolute Gasteiger partial charge is 0.452 e. The molecule has 0 radical (unpaired) electrons. The molecule has 23 heavy (non-hydrogen) atoms. The van der Waals surface area contributed by atoms with E-state index in [0.717, 1.165) is 11.8 Å². The van der Waals surface area contributed by atoms with Gasteiger partial charge in [-0.25, -0.2) is 9.18 Å². The fourth-order valence-electron chi connectivity index (χ4n) is 2.12. The Hall–Kier alpha value is -2.69. The quantitative estimate of drug-likeness (QED) is 0.795. The van der Waals surface area contributed by atoms with Crippen molar-refractivity contribution in [3.8, 4) is 0 Å². The maximum atomic E-state index is 13.5. The number of aryl methyl sites for hydroxylation is 1. The van der Waals surface area contributed by atoms with Crippen LogP contribution in [0.15, 0.2) is 48.5 Å². The lowest BCUT2D eigenvalue weighted by molar-refractivity contribution is -0.121. The lowest BCUT2D eigenvalue weighted by atomic mass is 10.1. The monoisotopic (exact) mass is 315 g/mol. The second kappa shape index (κ2) is 7.54. The second-order valence-corrected chi connectivity index (χ2v) is 5.01. The first-order valence-electron chi connectivity index (χ1n) is 7.31. The Kier molecular flexibility index (Phi) is 5.46. The lowest BCUT2D eigenvalue weighted by Crippen LogP contribution is -2.34. The highest BCUT2D eigenvalue weighted by Crippen LogP contribution is 2.14. The minimum absolute atomic E-state index is 0.0867. The van der Waals surface area contributed by atoms with Crippen molar-refractivity contribution in [1.29, 1.82) is 0 Å². The number of carbonyl (C=O) groups is 2. The van der Waals surface area contributed by atoms with E-state index in [1.807, 2.05) is 25.1 Å². The summed E-state index contributed by atoms with van der Waals surface area (Å²) in [5.41, 5.74) is 1.26. The van der Waals surface area contributed by atoms with Gasteiger partial charge in [0.15, 0.2) is 6.61 Å². The Bertz CT molecular complexity index is 701. The van der Waals surface area contributed by atoms with E-state index in [4.69, 9.17) is 4.74 Å². The number of benzene rings is 2. The highest BCUT2D eigenvalue weighted by molar-refractivity contribution is 5.97. The van der Waals surface area contributed by atoms with Crippen LogP contribution < -0.4 is 4.90 Å². The van der Waals surface area contributed by atoms with E-state index in [1.54, 1.807) is 19.1 Å². The minimum atomic E-state index is -0.721. The zero-order valence-electron chi connectivity index (χ0n) is 13.1. The molecule has 0 aliphatic rings. The number of hydrogen-bond donors (Lipinski definition) is 0. The van der Waals surface area contributed by atoms with Gasteiger partial charge in [0.05, 0.1) is 5.56 Å². The van der Waals surface area contributed by atoms with Gasteiger partial charge in [-0.05, 0) is 43.7 Å². The van der Waals surface area contributed by atoms with Crippen LogP contribution in [0.3, 0.4) is 0 Å². The molecule has 0 aromatic heterocycles. The summed E-state index contributed by atoms with van der Waals surface area (Å²) < 4.78 is 18.5. The summed E-state index contributed by atoms with van der Waals surface area (Å²) in [4.78, 5) is 25.6. The van der Waals surface area contributed by atoms with Crippen LogP contribution >= 0.6 is 0 Å². The van der Waals surface area contributed by atoms with Crippen LogP contribution in [0.1, 0.15) is 22.8 Å². The summed E-state index contributed by atoms with van der Waals surface area (Å²) >= 11 is 0. The molecule has 0 heterocycles. The Morgan fingerprint density at radius 2 is 1.83 bits per heavy atom. The third kappa shape index (κ3) is 4.16. The summed E-state index contributed by atoms with van der Waals surface area (Å²) in [5, 5.41) is 0. The van der Waals surface area contributed by atoms with Gasteiger partial charge in [0.1, 0.15) is 5.82 Å². The number of amides is 1. The van der Waals surface area contributed by atoms with Crippen LogP contribution in [-0.4, -0.2) is 25.0 Å². The molecule has 0 aliphatic heterocycles. The lowest BCUT2D eigenvalue weighted by Gasteiger charge is -2.20. The van der Waals surface area contributed by atoms with Crippen molar-refractivity contribution >= 4 is 17.6 Å². The summed E-state index contributed by atoms with van der Waals surface area (Å²) in [6.07, 6.45) is 0. The van der Waals surface area contributed by atoms with Crippen LogP contribution in [0.2, 0.25) is 0 Å². The topological polar surface area (TPSA) is 46.6 Å². The van der Waals surface area contributed by atoms with Crippen LogP contribution in [0, 0.1) is 12.7 Å². The predicted octanol–water partition coefficient (Wildman–Crippen LogP) is 3.34. The normalized spacial score (nSPS) is 10.2. The van der Waals surface area contributed by atoms with E-state index >= 15 is 0 Å². The smallest absolute Gasteiger partial charge is 0.338 e. The molecular formula is C18H18FNO3. The van der Waals surface area contributed by atoms with Crippen molar-refractivity contribution in [2.75, 3.05) is 18.1 Å². The van der Waals surface area contributed by atoms with Crippen molar-refractivity contribution in [3.63, 3.8) is 0 Å². The highest BCUT2D eigenvalue weighted by Gasteiger charge is 2.17. The van der Waals surface area contributed by atoms with Gasteiger partial charge in [0, 0.05) is 12.2 Å². The number of rotatable bonds is 5. The van der Waals surface area contributed by atoms with Gasteiger partial charge in [-0.15, -0.1) is 0 Å². The molecule has 0 saturated carbocycles. The van der Waals surface area contributed by atoms with Crippen LogP contribution in [0.4, 0.5) is 10.1 Å². The predicted molar refractivity (Wildman–Crippen MR) is 85.9 cm³/mol. The number of para-hydroxylation sites is 1. The molecule has 0 N–H and O–H groups in total. The first kappa shape index (κ1) is 16.7. The molecule has 0 aliphatic carbocycles. The van der Waals surface area contributed by atoms with Gasteiger partial charge in [-0.3, -0.25) is 4.79 Å². The maximum absolute atomic E-state index is 13.5. The number of nitrogens with zero attached hydrogens (tertiary/aromatic N) is 1. The molecule has 2 aromatic carbocycles. The molecular weight excluding hydrogens is 297 g/mol. The third-order valence-electron chi connectivity index (χ3n) is 3.42. The number of halogens is 1. The molecule has 0 spiro atoms. The summed E-state index contributed by atoms with van der Waals surface area (Å²) in [6.45, 7) is 3.51. The van der Waals surface area contributed by atoms with Crippen molar-refractivity contribution in [2.45, 2.75) is 13.8 Å². The Morgan fingerprint density at radius 1 is 1.13 bits per heavy atom. The standard InChI is InChI=1S/C18H18FNO3/c1-3-20(15-7-5-4-6-8-15)17(21)12-23-18(22)14-10-9-13(2)16(19)11-14/h4-11H,3,12H2,1-2H3. The number of esters is 1. The van der Waals surface area contributed by atoms with Crippen molar-refractivity contribution in [2.24, 2.45) is 0 Å². The molecule has 5 heteroatoms. The van der Waals surface area contributed by atoms with Crippen LogP contribution in [0.5, 0.6) is 0 Å². The van der Waals surface area contributed by atoms with E-state index in [0.29, 0.717) is 12.1 Å². The maximum Gasteiger partial charge on any atom is 0.338 e. The Morgan fingerprint density at radius 3 is 2.43 bits per heavy atom. The molecule has 2 rings (SSSR count). The van der Waals surface area contributed by atoms with Gasteiger partial charge in [-0.2, -0.15) is 0 Å². The number of ether oxygens (including phenoxy) is 1. The van der Waals surface area contributed by atoms with Gasteiger partial charge >= 0.3 is 5.97 Å². The number of carbonyl (C=O) groups excluding carboxylic acids is 2. The molecule has 0 bridgehead atoms. The number of likely N-dealkylation sites (N-methyl/N-ethyl adjacent to an activating group) is 1. The van der Waals surface area contributed by atoms with Crippen LogP contribution in [0.25, 0.3) is 0 Å². The first-order chi connectivity index (χ1) is 11.0. The number of anilines is 1. The van der Waals surface area contributed by atoms with Crippen molar-refractivity contribution in [3.05, 3.63) is 65.5 Å². The molecule has 0 fully saturated rings. The van der Waals surface area contributed by atoms with Crippen molar-refractivity contribution < 1.29 is 18.7 Å². The molecule has 0 atom stereocenters. The van der Waals surface area contributed by atoms with E-state index < -0.39 is 18.4 Å². The van der Waals surface area contributed by atoms with Crippen LogP contribution in [-0.2, 0) is 9.53 Å². The van der Waals surface area contributed by atoms with Gasteiger partial charge < -0.3 is 9.64 Å². The molecule has 2 aromatic rings. The average Bonchev–Trinajstić information content (AvgIpc) is 2.57. The van der Waals surface area contributed by atoms with E-state index in [9.17, 15) is 14.0 Å².